The van der Waals surface area contributed by atoms with E-state index in [0.29, 0.717) is 26.9 Å². The molecule has 5 aromatic rings. The second-order valence-electron chi connectivity index (χ2n) is 10.7. The Balaban J connectivity index is 1.35. The fourth-order valence-electron chi connectivity index (χ4n) is 4.61. The third kappa shape index (κ3) is 8.92. The zero-order chi connectivity index (χ0) is 33.3. The molecule has 9 heteroatoms. The van der Waals surface area contributed by atoms with Gasteiger partial charge in [-0.3, -0.25) is 14.4 Å². The van der Waals surface area contributed by atoms with Crippen LogP contribution in [0, 0.1) is 13.8 Å². The Bertz CT molecular complexity index is 1910. The summed E-state index contributed by atoms with van der Waals surface area (Å²) < 4.78 is 0. The lowest BCUT2D eigenvalue weighted by atomic mass is 10.1. The van der Waals surface area contributed by atoms with Crippen LogP contribution in [0.3, 0.4) is 0 Å². The average Bonchev–Trinajstić information content (AvgIpc) is 3.08. The normalized spacial score (nSPS) is 11.8. The van der Waals surface area contributed by atoms with Gasteiger partial charge >= 0.3 is 0 Å². The molecule has 0 aliphatic carbocycles. The molecule has 0 saturated heterocycles. The van der Waals surface area contributed by atoms with Crippen LogP contribution in [0.25, 0.3) is 6.08 Å². The summed E-state index contributed by atoms with van der Waals surface area (Å²) in [6.45, 7) is 4.04. The van der Waals surface area contributed by atoms with Crippen molar-refractivity contribution >= 4 is 70.1 Å². The van der Waals surface area contributed by atoms with E-state index in [-0.39, 0.29) is 11.6 Å². The Morgan fingerprint density at radius 3 is 1.94 bits per heavy atom. The van der Waals surface area contributed by atoms with Crippen molar-refractivity contribution in [3.8, 4) is 0 Å². The van der Waals surface area contributed by atoms with Gasteiger partial charge in [0.1, 0.15) is 10.9 Å². The van der Waals surface area contributed by atoms with Crippen molar-refractivity contribution in [2.24, 2.45) is 0 Å². The second-order valence-corrected chi connectivity index (χ2v) is 12.7. The molecule has 1 unspecified atom stereocenters. The summed E-state index contributed by atoms with van der Waals surface area (Å²) in [5.74, 6) is -1.18. The molecule has 1 atom stereocenters. The fourth-order valence-corrected chi connectivity index (χ4v) is 6.15. The summed E-state index contributed by atoms with van der Waals surface area (Å²) in [5, 5.41) is 8.72. The van der Waals surface area contributed by atoms with Gasteiger partial charge in [0, 0.05) is 37.4 Å². The van der Waals surface area contributed by atoms with E-state index < -0.39 is 17.1 Å². The number of amides is 3. The van der Waals surface area contributed by atoms with Gasteiger partial charge in [-0.2, -0.15) is 0 Å². The highest BCUT2D eigenvalue weighted by Gasteiger charge is 2.23. The maximum absolute atomic E-state index is 13.5. The molecule has 0 fully saturated rings. The number of aryl methyl sites for hydroxylation is 2. The molecule has 0 aliphatic heterocycles. The van der Waals surface area contributed by atoms with Crippen LogP contribution in [-0.4, -0.2) is 17.7 Å². The van der Waals surface area contributed by atoms with Crippen molar-refractivity contribution in [2.75, 3.05) is 10.6 Å². The molecule has 0 saturated carbocycles. The van der Waals surface area contributed by atoms with E-state index in [9.17, 15) is 14.4 Å². The first-order valence-corrected chi connectivity index (χ1v) is 16.3. The monoisotopic (exact) mass is 679 g/mol. The van der Waals surface area contributed by atoms with Crippen LogP contribution in [0.2, 0.25) is 10.0 Å². The van der Waals surface area contributed by atoms with Gasteiger partial charge in [0.2, 0.25) is 5.91 Å². The van der Waals surface area contributed by atoms with E-state index in [2.05, 4.69) is 16.0 Å². The van der Waals surface area contributed by atoms with E-state index in [1.807, 2.05) is 74.5 Å². The molecule has 5 rings (SSSR count). The highest BCUT2D eigenvalue weighted by atomic mass is 35.5. The van der Waals surface area contributed by atoms with Crippen molar-refractivity contribution in [3.05, 3.63) is 165 Å². The lowest BCUT2D eigenvalue weighted by Gasteiger charge is -2.18. The maximum atomic E-state index is 13.5. The molecule has 3 amide bonds. The van der Waals surface area contributed by atoms with Crippen LogP contribution < -0.4 is 16.0 Å². The van der Waals surface area contributed by atoms with Crippen LogP contribution >= 0.6 is 35.0 Å². The van der Waals surface area contributed by atoms with Gasteiger partial charge in [0.15, 0.2) is 0 Å². The molecular formula is C38H31Cl2N3O3S. The zero-order valence-corrected chi connectivity index (χ0v) is 27.9. The molecule has 0 aromatic heterocycles. The zero-order valence-electron chi connectivity index (χ0n) is 25.6. The van der Waals surface area contributed by atoms with E-state index in [1.165, 1.54) is 17.8 Å². The fraction of sp³-hybridized carbons (Fsp3) is 0.0789. The molecule has 0 heterocycles. The Hall–Kier alpha value is -4.82. The number of carbonyl (C=O) groups excluding carboxylic acids is 3. The predicted octanol–water partition coefficient (Wildman–Crippen LogP) is 9.49. The number of thioether (sulfide) groups is 1. The van der Waals surface area contributed by atoms with Crippen molar-refractivity contribution in [2.45, 2.75) is 24.0 Å². The van der Waals surface area contributed by atoms with Crippen LogP contribution in [0.4, 0.5) is 11.4 Å². The number of benzene rings is 5. The average molecular weight is 681 g/mol. The standard InChI is InChI=1S/C38H31Cl2N3O3S/c1-24-16-17-29(22-25(24)2)42-38(46)35(26-10-5-3-6-11-26)47-30-20-18-28(19-21-30)41-37(45)34(23-31-32(39)14-9-15-33(31)40)43-36(44)27-12-7-4-8-13-27/h3-23,35H,1-2H3,(H,41,45)(H,42,46)(H,43,44)/b34-23-. The molecule has 0 bridgehead atoms. The van der Waals surface area contributed by atoms with Crippen molar-refractivity contribution < 1.29 is 14.4 Å². The van der Waals surface area contributed by atoms with Crippen LogP contribution in [0.15, 0.2) is 132 Å². The van der Waals surface area contributed by atoms with Gasteiger partial charge < -0.3 is 16.0 Å². The Morgan fingerprint density at radius 2 is 1.30 bits per heavy atom. The Morgan fingerprint density at radius 1 is 0.681 bits per heavy atom. The Kier molecular flexibility index (Phi) is 11.2. The number of carbonyl (C=O) groups is 3. The minimum Gasteiger partial charge on any atom is -0.325 e. The van der Waals surface area contributed by atoms with Gasteiger partial charge in [0.25, 0.3) is 11.8 Å². The largest absolute Gasteiger partial charge is 0.325 e. The molecule has 0 spiro atoms. The predicted molar refractivity (Wildman–Crippen MR) is 193 cm³/mol. The first-order chi connectivity index (χ1) is 22.7. The lowest BCUT2D eigenvalue weighted by molar-refractivity contribution is -0.116. The van der Waals surface area contributed by atoms with E-state index in [1.54, 1.807) is 60.7 Å². The summed E-state index contributed by atoms with van der Waals surface area (Å²) in [4.78, 5) is 40.9. The molecule has 3 N–H and O–H groups in total. The summed E-state index contributed by atoms with van der Waals surface area (Å²) in [7, 11) is 0. The highest BCUT2D eigenvalue weighted by molar-refractivity contribution is 8.00. The van der Waals surface area contributed by atoms with E-state index >= 15 is 0 Å². The quantitative estimate of drug-likeness (QED) is 0.101. The lowest BCUT2D eigenvalue weighted by Crippen LogP contribution is -2.30. The smallest absolute Gasteiger partial charge is 0.272 e. The minimum absolute atomic E-state index is 0.0422. The van der Waals surface area contributed by atoms with Crippen LogP contribution in [-0.2, 0) is 9.59 Å². The molecule has 5 aromatic carbocycles. The Labute approximate surface area is 288 Å². The van der Waals surface area contributed by atoms with Crippen LogP contribution in [0.5, 0.6) is 0 Å². The van der Waals surface area contributed by atoms with E-state index in [0.717, 1.165) is 27.3 Å². The topological polar surface area (TPSA) is 87.3 Å². The molecule has 0 radical (unpaired) electrons. The molecule has 236 valence electrons. The summed E-state index contributed by atoms with van der Waals surface area (Å²) in [6, 6.07) is 36.1. The highest BCUT2D eigenvalue weighted by Crippen LogP contribution is 2.37. The molecule has 6 nitrogen and oxygen atoms in total. The number of nitrogens with one attached hydrogen (secondary N) is 3. The maximum Gasteiger partial charge on any atom is 0.272 e. The summed E-state index contributed by atoms with van der Waals surface area (Å²) >= 11 is 14.1. The second kappa shape index (κ2) is 15.6. The number of rotatable bonds is 10. The van der Waals surface area contributed by atoms with Crippen molar-refractivity contribution in [3.63, 3.8) is 0 Å². The van der Waals surface area contributed by atoms with Gasteiger partial charge in [-0.25, -0.2) is 0 Å². The van der Waals surface area contributed by atoms with E-state index in [4.69, 9.17) is 23.2 Å². The summed E-state index contributed by atoms with van der Waals surface area (Å²) in [6.07, 6.45) is 1.45. The molecule has 0 aliphatic rings. The number of anilines is 2. The number of hydrogen-bond donors (Lipinski definition) is 3. The molecule has 47 heavy (non-hydrogen) atoms. The third-order valence-electron chi connectivity index (χ3n) is 7.30. The van der Waals surface area contributed by atoms with Gasteiger partial charge in [-0.15, -0.1) is 11.8 Å². The van der Waals surface area contributed by atoms with Crippen molar-refractivity contribution in [1.29, 1.82) is 0 Å². The van der Waals surface area contributed by atoms with Gasteiger partial charge in [-0.05, 0) is 97.3 Å². The first-order valence-electron chi connectivity index (χ1n) is 14.7. The first kappa shape index (κ1) is 33.5. The number of hydrogen-bond acceptors (Lipinski definition) is 4. The summed E-state index contributed by atoms with van der Waals surface area (Å²) in [5.41, 5.74) is 5.06. The third-order valence-corrected chi connectivity index (χ3v) is 9.22. The molecular weight excluding hydrogens is 649 g/mol. The SMILES string of the molecule is Cc1ccc(NC(=O)C(Sc2ccc(NC(=O)/C(=C/c3c(Cl)cccc3Cl)NC(=O)c3ccccc3)cc2)c2ccccc2)cc1C. The van der Waals surface area contributed by atoms with Gasteiger partial charge in [0.05, 0.1) is 0 Å². The minimum atomic E-state index is -0.569. The van der Waals surface area contributed by atoms with Crippen LogP contribution in [0.1, 0.15) is 37.9 Å². The number of halogens is 2. The van der Waals surface area contributed by atoms with Gasteiger partial charge in [-0.1, -0.05) is 83.9 Å². The van der Waals surface area contributed by atoms with Crippen molar-refractivity contribution in [1.82, 2.24) is 5.32 Å².